The number of hydrogen-bond acceptors (Lipinski definition) is 5. The van der Waals surface area contributed by atoms with Crippen molar-refractivity contribution < 1.29 is 10.0 Å². The minimum absolute atomic E-state index is 0.0148. The number of benzene rings is 2. The molecule has 0 atom stereocenters. The summed E-state index contributed by atoms with van der Waals surface area (Å²) in [7, 11) is 0. The molecule has 1 N–H and O–H groups in total. The predicted molar refractivity (Wildman–Crippen MR) is 74.9 cm³/mol. The van der Waals surface area contributed by atoms with Gasteiger partial charge in [0.15, 0.2) is 0 Å². The van der Waals surface area contributed by atoms with Gasteiger partial charge in [0.25, 0.3) is 5.69 Å². The Labute approximate surface area is 115 Å². The van der Waals surface area contributed by atoms with Crippen LogP contribution in [-0.4, -0.2) is 10.0 Å². The number of nitro groups is 1. The second-order valence-corrected chi connectivity index (χ2v) is 4.40. The second-order valence-electron chi connectivity index (χ2n) is 4.40. The van der Waals surface area contributed by atoms with E-state index in [-0.39, 0.29) is 11.4 Å². The third-order valence-corrected chi connectivity index (χ3v) is 2.80. The van der Waals surface area contributed by atoms with Crippen molar-refractivity contribution >= 4 is 17.1 Å². The number of non-ortho nitro benzene ring substituents is 1. The molecule has 6 heteroatoms. The van der Waals surface area contributed by atoms with Gasteiger partial charge >= 0.3 is 0 Å². The molecule has 0 fully saturated rings. The fourth-order valence-electron chi connectivity index (χ4n) is 1.84. The molecule has 0 aliphatic heterocycles. The number of azo groups is 1. The van der Waals surface area contributed by atoms with Crippen molar-refractivity contribution in [2.75, 3.05) is 0 Å². The highest BCUT2D eigenvalue weighted by atomic mass is 16.6. The van der Waals surface area contributed by atoms with E-state index in [0.717, 1.165) is 11.1 Å². The van der Waals surface area contributed by atoms with Crippen LogP contribution in [0.4, 0.5) is 17.1 Å². The lowest BCUT2D eigenvalue weighted by molar-refractivity contribution is -0.384. The van der Waals surface area contributed by atoms with Crippen LogP contribution in [0.2, 0.25) is 0 Å². The highest BCUT2D eigenvalue weighted by Gasteiger charge is 2.05. The molecule has 0 aliphatic rings. The van der Waals surface area contributed by atoms with Crippen LogP contribution in [0, 0.1) is 24.0 Å². The Bertz CT molecular complexity index is 656. The Morgan fingerprint density at radius 1 is 1.05 bits per heavy atom. The summed E-state index contributed by atoms with van der Waals surface area (Å²) in [5.41, 5.74) is 2.85. The molecule has 0 aromatic heterocycles. The van der Waals surface area contributed by atoms with E-state index >= 15 is 0 Å². The fourth-order valence-corrected chi connectivity index (χ4v) is 1.84. The molecule has 6 nitrogen and oxygen atoms in total. The normalized spacial score (nSPS) is 10.9. The molecule has 0 aliphatic carbocycles. The summed E-state index contributed by atoms with van der Waals surface area (Å²) in [6.07, 6.45) is 0. The predicted octanol–water partition coefficient (Wildman–Crippen LogP) is 4.33. The standard InChI is InChI=1S/C14H13N3O3/c1-9-7-13(18)8-10(2)14(9)16-15-11-3-5-12(6-4-11)17(19)20/h3-8,18H,1-2H3/b16-15+. The Morgan fingerprint density at radius 2 is 1.60 bits per heavy atom. The number of rotatable bonds is 3. The first-order valence-corrected chi connectivity index (χ1v) is 5.94. The quantitative estimate of drug-likeness (QED) is 0.511. The molecule has 0 saturated carbocycles. The van der Waals surface area contributed by atoms with Gasteiger partial charge < -0.3 is 5.11 Å². The van der Waals surface area contributed by atoms with E-state index in [0.29, 0.717) is 11.4 Å². The summed E-state index contributed by atoms with van der Waals surface area (Å²) in [6.45, 7) is 3.66. The van der Waals surface area contributed by atoms with Crippen molar-refractivity contribution in [1.29, 1.82) is 0 Å². The molecule has 0 saturated heterocycles. The van der Waals surface area contributed by atoms with Crippen molar-refractivity contribution in [3.63, 3.8) is 0 Å². The molecule has 102 valence electrons. The lowest BCUT2D eigenvalue weighted by atomic mass is 10.1. The first kappa shape index (κ1) is 13.7. The van der Waals surface area contributed by atoms with Crippen molar-refractivity contribution in [1.82, 2.24) is 0 Å². The van der Waals surface area contributed by atoms with E-state index in [4.69, 9.17) is 0 Å². The molecular formula is C14H13N3O3. The smallest absolute Gasteiger partial charge is 0.269 e. The maximum Gasteiger partial charge on any atom is 0.269 e. The zero-order valence-electron chi connectivity index (χ0n) is 11.1. The van der Waals surface area contributed by atoms with Gasteiger partial charge in [0.2, 0.25) is 0 Å². The number of nitro benzene ring substituents is 1. The van der Waals surface area contributed by atoms with E-state index in [1.54, 1.807) is 12.1 Å². The van der Waals surface area contributed by atoms with Crippen LogP contribution >= 0.6 is 0 Å². The molecule has 0 amide bonds. The SMILES string of the molecule is Cc1cc(O)cc(C)c1/N=N/c1ccc([N+](=O)[O-])cc1. The van der Waals surface area contributed by atoms with Crippen LogP contribution < -0.4 is 0 Å². The average molecular weight is 271 g/mol. The summed E-state index contributed by atoms with van der Waals surface area (Å²) in [5.74, 6) is 0.189. The van der Waals surface area contributed by atoms with Gasteiger partial charge in [-0.1, -0.05) is 0 Å². The molecule has 20 heavy (non-hydrogen) atoms. The van der Waals surface area contributed by atoms with Crippen molar-refractivity contribution in [2.45, 2.75) is 13.8 Å². The molecule has 0 bridgehead atoms. The highest BCUT2D eigenvalue weighted by molar-refractivity contribution is 5.55. The van der Waals surface area contributed by atoms with Gasteiger partial charge in [0, 0.05) is 12.1 Å². The molecule has 2 rings (SSSR count). The van der Waals surface area contributed by atoms with E-state index in [1.165, 1.54) is 24.3 Å². The molecule has 0 spiro atoms. The number of phenols is 1. The van der Waals surface area contributed by atoms with Gasteiger partial charge in [-0.05, 0) is 49.2 Å². The van der Waals surface area contributed by atoms with Crippen LogP contribution in [0.15, 0.2) is 46.6 Å². The minimum Gasteiger partial charge on any atom is -0.508 e. The highest BCUT2D eigenvalue weighted by Crippen LogP contribution is 2.29. The van der Waals surface area contributed by atoms with Gasteiger partial charge in [-0.25, -0.2) is 0 Å². The molecule has 2 aromatic carbocycles. The summed E-state index contributed by atoms with van der Waals surface area (Å²) in [5, 5.41) is 28.2. The van der Waals surface area contributed by atoms with Crippen LogP contribution in [-0.2, 0) is 0 Å². The van der Waals surface area contributed by atoms with E-state index in [9.17, 15) is 15.2 Å². The monoisotopic (exact) mass is 271 g/mol. The minimum atomic E-state index is -0.463. The Kier molecular flexibility index (Phi) is 3.74. The summed E-state index contributed by atoms with van der Waals surface area (Å²) < 4.78 is 0. The molecule has 2 aromatic rings. The van der Waals surface area contributed by atoms with Gasteiger partial charge in [-0.2, -0.15) is 10.2 Å². The van der Waals surface area contributed by atoms with Gasteiger partial charge in [-0.3, -0.25) is 10.1 Å². The first-order valence-electron chi connectivity index (χ1n) is 5.94. The van der Waals surface area contributed by atoms with Crippen molar-refractivity contribution in [2.24, 2.45) is 10.2 Å². The average Bonchev–Trinajstić information content (AvgIpc) is 2.38. The van der Waals surface area contributed by atoms with Gasteiger partial charge in [0.05, 0.1) is 16.3 Å². The molecular weight excluding hydrogens is 258 g/mol. The van der Waals surface area contributed by atoms with Gasteiger partial charge in [-0.15, -0.1) is 0 Å². The maximum absolute atomic E-state index is 10.5. The third kappa shape index (κ3) is 2.97. The lowest BCUT2D eigenvalue weighted by Gasteiger charge is -2.04. The number of aromatic hydroxyl groups is 1. The van der Waals surface area contributed by atoms with E-state index in [1.807, 2.05) is 13.8 Å². The molecule has 0 radical (unpaired) electrons. The van der Waals surface area contributed by atoms with Crippen LogP contribution in [0.1, 0.15) is 11.1 Å². The number of phenolic OH excluding ortho intramolecular Hbond substituents is 1. The van der Waals surface area contributed by atoms with Gasteiger partial charge in [0.1, 0.15) is 5.75 Å². The maximum atomic E-state index is 10.5. The molecule has 0 unspecified atom stereocenters. The fraction of sp³-hybridized carbons (Fsp3) is 0.143. The topological polar surface area (TPSA) is 88.1 Å². The third-order valence-electron chi connectivity index (χ3n) is 2.80. The van der Waals surface area contributed by atoms with E-state index in [2.05, 4.69) is 10.2 Å². The van der Waals surface area contributed by atoms with Crippen LogP contribution in [0.3, 0.4) is 0 Å². The Hall–Kier alpha value is -2.76. The molecule has 0 heterocycles. The summed E-state index contributed by atoms with van der Waals surface area (Å²) in [6, 6.07) is 9.05. The van der Waals surface area contributed by atoms with Crippen LogP contribution in [0.25, 0.3) is 0 Å². The zero-order chi connectivity index (χ0) is 14.7. The number of aryl methyl sites for hydroxylation is 2. The lowest BCUT2D eigenvalue weighted by Crippen LogP contribution is -1.85. The van der Waals surface area contributed by atoms with E-state index < -0.39 is 4.92 Å². The largest absolute Gasteiger partial charge is 0.508 e. The summed E-state index contributed by atoms with van der Waals surface area (Å²) >= 11 is 0. The number of hydrogen-bond donors (Lipinski definition) is 1. The second kappa shape index (κ2) is 5.48. The first-order chi connectivity index (χ1) is 9.47. The number of nitrogens with zero attached hydrogens (tertiary/aromatic N) is 3. The van der Waals surface area contributed by atoms with Crippen LogP contribution in [0.5, 0.6) is 5.75 Å². The van der Waals surface area contributed by atoms with Crippen molar-refractivity contribution in [3.8, 4) is 5.75 Å². The zero-order valence-corrected chi connectivity index (χ0v) is 11.1. The van der Waals surface area contributed by atoms with Crippen molar-refractivity contribution in [3.05, 3.63) is 57.6 Å². The summed E-state index contributed by atoms with van der Waals surface area (Å²) in [4.78, 5) is 10.1. The Balaban J connectivity index is 2.27. The Morgan fingerprint density at radius 3 is 2.10 bits per heavy atom.